The van der Waals surface area contributed by atoms with E-state index in [9.17, 15) is 0 Å². The van der Waals surface area contributed by atoms with Gasteiger partial charge in [0.05, 0.1) is 11.7 Å². The molecule has 0 aromatic carbocycles. The highest BCUT2D eigenvalue weighted by Crippen LogP contribution is 1.94. The van der Waals surface area contributed by atoms with E-state index in [4.69, 9.17) is 0 Å². The van der Waals surface area contributed by atoms with Crippen LogP contribution in [-0.2, 0) is 0 Å². The molecule has 2 heterocycles. The Labute approximate surface area is 51.9 Å². The fourth-order valence-corrected chi connectivity index (χ4v) is 0.712. The van der Waals surface area contributed by atoms with Crippen molar-refractivity contribution < 1.29 is 0 Å². The minimum atomic E-state index is 0.900. The van der Waals surface area contributed by atoms with E-state index in [1.807, 2.05) is 12.1 Å². The second-order valence-corrected chi connectivity index (χ2v) is 1.69. The molecule has 0 saturated heterocycles. The van der Waals surface area contributed by atoms with Crippen LogP contribution < -0.4 is 0 Å². The van der Waals surface area contributed by atoms with Gasteiger partial charge in [-0.3, -0.25) is 0 Å². The summed E-state index contributed by atoms with van der Waals surface area (Å²) in [5.74, 6) is 0. The van der Waals surface area contributed by atoms with E-state index in [1.54, 1.807) is 12.4 Å². The Bertz CT molecular complexity index is 282. The predicted molar refractivity (Wildman–Crippen MR) is 31.8 cm³/mol. The Morgan fingerprint density at radius 1 is 1.44 bits per heavy atom. The number of rotatable bonds is 0. The van der Waals surface area contributed by atoms with Gasteiger partial charge in [-0.15, -0.1) is 0 Å². The zero-order valence-electron chi connectivity index (χ0n) is 4.65. The SMILES string of the molecule is [c]1cnn2ncccc12. The lowest BCUT2D eigenvalue weighted by Crippen LogP contribution is -1.89. The van der Waals surface area contributed by atoms with Crippen LogP contribution in [0.2, 0.25) is 0 Å². The van der Waals surface area contributed by atoms with Crippen LogP contribution in [0.4, 0.5) is 0 Å². The van der Waals surface area contributed by atoms with Crippen molar-refractivity contribution in [2.45, 2.75) is 0 Å². The topological polar surface area (TPSA) is 30.2 Å². The van der Waals surface area contributed by atoms with Crippen LogP contribution >= 0.6 is 0 Å². The molecule has 0 aliphatic rings. The highest BCUT2D eigenvalue weighted by molar-refractivity contribution is 5.41. The minimum absolute atomic E-state index is 0.900. The van der Waals surface area contributed by atoms with Crippen LogP contribution in [-0.4, -0.2) is 14.8 Å². The van der Waals surface area contributed by atoms with Gasteiger partial charge in [0.2, 0.25) is 0 Å². The first kappa shape index (κ1) is 4.49. The van der Waals surface area contributed by atoms with Gasteiger partial charge < -0.3 is 0 Å². The summed E-state index contributed by atoms with van der Waals surface area (Å²) in [5.41, 5.74) is 0.900. The molecule has 0 atom stereocenters. The zero-order valence-corrected chi connectivity index (χ0v) is 4.65. The Morgan fingerprint density at radius 3 is 3.33 bits per heavy atom. The molecule has 2 aromatic heterocycles. The van der Waals surface area contributed by atoms with Gasteiger partial charge in [-0.05, 0) is 12.1 Å². The minimum Gasteiger partial charge on any atom is -0.159 e. The van der Waals surface area contributed by atoms with Crippen molar-refractivity contribution in [1.82, 2.24) is 14.8 Å². The van der Waals surface area contributed by atoms with E-state index in [2.05, 4.69) is 16.3 Å². The lowest BCUT2D eigenvalue weighted by molar-refractivity contribution is 0.800. The van der Waals surface area contributed by atoms with Crippen molar-refractivity contribution in [3.8, 4) is 0 Å². The normalized spacial score (nSPS) is 10.2. The molecule has 0 aliphatic heterocycles. The van der Waals surface area contributed by atoms with Crippen LogP contribution in [0.25, 0.3) is 5.52 Å². The molecule has 0 unspecified atom stereocenters. The van der Waals surface area contributed by atoms with Gasteiger partial charge in [-0.2, -0.15) is 14.8 Å². The van der Waals surface area contributed by atoms with Crippen LogP contribution in [0, 0.1) is 6.07 Å². The molecule has 3 nitrogen and oxygen atoms in total. The van der Waals surface area contributed by atoms with Gasteiger partial charge >= 0.3 is 0 Å². The summed E-state index contributed by atoms with van der Waals surface area (Å²) in [7, 11) is 0. The monoisotopic (exact) mass is 118 g/mol. The maximum absolute atomic E-state index is 3.92. The molecular weight excluding hydrogens is 114 g/mol. The fourth-order valence-electron chi connectivity index (χ4n) is 0.712. The third kappa shape index (κ3) is 0.579. The number of fused-ring (bicyclic) bond motifs is 1. The second-order valence-electron chi connectivity index (χ2n) is 1.69. The van der Waals surface area contributed by atoms with Gasteiger partial charge in [0.25, 0.3) is 0 Å². The van der Waals surface area contributed by atoms with Crippen molar-refractivity contribution in [2.75, 3.05) is 0 Å². The number of hydrogen-bond donors (Lipinski definition) is 0. The van der Waals surface area contributed by atoms with E-state index in [0.717, 1.165) is 5.52 Å². The van der Waals surface area contributed by atoms with Crippen molar-refractivity contribution >= 4 is 5.52 Å². The number of nitrogens with zero attached hydrogens (tertiary/aromatic N) is 3. The highest BCUT2D eigenvalue weighted by atomic mass is 15.4. The Kier molecular flexibility index (Phi) is 0.773. The summed E-state index contributed by atoms with van der Waals surface area (Å²) in [6, 6.07) is 6.67. The van der Waals surface area contributed by atoms with Crippen LogP contribution in [0.15, 0.2) is 24.5 Å². The molecule has 0 amide bonds. The fraction of sp³-hybridized carbons (Fsp3) is 0. The Morgan fingerprint density at radius 2 is 2.44 bits per heavy atom. The molecule has 0 spiro atoms. The molecule has 1 radical (unpaired) electrons. The number of hydrogen-bond acceptors (Lipinski definition) is 2. The highest BCUT2D eigenvalue weighted by Gasteiger charge is 1.87. The zero-order chi connectivity index (χ0) is 6.10. The maximum atomic E-state index is 3.92. The molecule has 2 rings (SSSR count). The molecule has 0 N–H and O–H groups in total. The first-order valence-corrected chi connectivity index (χ1v) is 2.63. The van der Waals surface area contributed by atoms with Crippen LogP contribution in [0.3, 0.4) is 0 Å². The second kappa shape index (κ2) is 1.55. The summed E-state index contributed by atoms with van der Waals surface area (Å²) < 4.78 is 1.53. The molecule has 0 bridgehead atoms. The van der Waals surface area contributed by atoms with E-state index in [0.29, 0.717) is 0 Å². The first-order chi connectivity index (χ1) is 4.47. The largest absolute Gasteiger partial charge is 0.159 e. The first-order valence-electron chi connectivity index (χ1n) is 2.63. The van der Waals surface area contributed by atoms with Gasteiger partial charge in [-0.25, -0.2) is 0 Å². The average Bonchev–Trinajstić information content (AvgIpc) is 2.33. The predicted octanol–water partition coefficient (Wildman–Crippen LogP) is 0.529. The summed E-state index contributed by atoms with van der Waals surface area (Å²) >= 11 is 0. The van der Waals surface area contributed by atoms with Gasteiger partial charge in [0.15, 0.2) is 0 Å². The molecule has 2 aromatic rings. The molecule has 3 heteroatoms. The van der Waals surface area contributed by atoms with E-state index < -0.39 is 0 Å². The molecule has 0 fully saturated rings. The van der Waals surface area contributed by atoms with Crippen molar-refractivity contribution in [2.24, 2.45) is 0 Å². The van der Waals surface area contributed by atoms with E-state index in [1.165, 1.54) is 4.63 Å². The van der Waals surface area contributed by atoms with Crippen LogP contribution in [0.5, 0.6) is 0 Å². The average molecular weight is 118 g/mol. The third-order valence-corrected chi connectivity index (χ3v) is 1.11. The Balaban J connectivity index is 2.95. The van der Waals surface area contributed by atoms with E-state index >= 15 is 0 Å². The smallest absolute Gasteiger partial charge is 0.0952 e. The molecule has 0 saturated carbocycles. The number of aromatic nitrogens is 3. The van der Waals surface area contributed by atoms with Gasteiger partial charge in [0, 0.05) is 12.3 Å². The van der Waals surface area contributed by atoms with Gasteiger partial charge in [-0.1, -0.05) is 0 Å². The van der Waals surface area contributed by atoms with Crippen molar-refractivity contribution in [1.29, 1.82) is 0 Å². The summed E-state index contributed by atoms with van der Waals surface area (Å²) in [6.07, 6.45) is 3.29. The Hall–Kier alpha value is -1.38. The molecular formula is C6H4N3. The van der Waals surface area contributed by atoms with Crippen LogP contribution in [0.1, 0.15) is 0 Å². The summed E-state index contributed by atoms with van der Waals surface area (Å²) in [6.45, 7) is 0. The maximum Gasteiger partial charge on any atom is 0.0952 e. The van der Waals surface area contributed by atoms with Gasteiger partial charge in [0.1, 0.15) is 0 Å². The lowest BCUT2D eigenvalue weighted by Gasteiger charge is -1.84. The summed E-state index contributed by atoms with van der Waals surface area (Å²) in [4.78, 5) is 0. The molecule has 9 heavy (non-hydrogen) atoms. The standard InChI is InChI=1S/C6H4N3/c1-2-6-3-5-8-9(6)7-4-1/h1-2,4-5H. The van der Waals surface area contributed by atoms with Crippen molar-refractivity contribution in [3.63, 3.8) is 0 Å². The third-order valence-electron chi connectivity index (χ3n) is 1.11. The van der Waals surface area contributed by atoms with E-state index in [-0.39, 0.29) is 0 Å². The molecule has 43 valence electrons. The summed E-state index contributed by atoms with van der Waals surface area (Å²) in [5, 5.41) is 7.78. The quantitative estimate of drug-likeness (QED) is 0.505. The lowest BCUT2D eigenvalue weighted by atomic mass is 10.5. The molecule has 0 aliphatic carbocycles. The van der Waals surface area contributed by atoms with Crippen molar-refractivity contribution in [3.05, 3.63) is 30.6 Å².